The number of fused-ring (bicyclic) bond motifs is 1. The molecule has 0 aromatic carbocycles. The first-order chi connectivity index (χ1) is 14.6. The minimum atomic E-state index is 0.177. The fraction of sp³-hybridized carbons (Fsp3) is 0.286. The van der Waals surface area contributed by atoms with Crippen molar-refractivity contribution in [1.82, 2.24) is 34.3 Å². The van der Waals surface area contributed by atoms with E-state index in [1.54, 1.807) is 13.4 Å². The van der Waals surface area contributed by atoms with Crippen LogP contribution >= 0.6 is 15.9 Å². The number of rotatable bonds is 4. The zero-order valence-corrected chi connectivity index (χ0v) is 18.2. The summed E-state index contributed by atoms with van der Waals surface area (Å²) < 4.78 is 10.3. The van der Waals surface area contributed by atoms with Gasteiger partial charge in [0.05, 0.1) is 19.1 Å². The number of nitrogens with zero attached hydrogens (tertiary/aromatic N) is 7. The number of hydrogen-bond donors (Lipinski definition) is 0. The molecular formula is C21H20BrN7O. The maximum absolute atomic E-state index is 5.54. The monoisotopic (exact) mass is 465 g/mol. The molecule has 4 aromatic heterocycles. The molecule has 0 bridgehead atoms. The number of halogens is 1. The minimum absolute atomic E-state index is 0.177. The lowest BCUT2D eigenvalue weighted by Gasteiger charge is -2.22. The molecule has 0 fully saturated rings. The highest BCUT2D eigenvalue weighted by molar-refractivity contribution is 9.10. The number of aromatic nitrogens is 7. The lowest BCUT2D eigenvalue weighted by molar-refractivity contribution is 0.396. The molecule has 1 aliphatic heterocycles. The molecule has 0 unspecified atom stereocenters. The molecule has 0 saturated carbocycles. The summed E-state index contributed by atoms with van der Waals surface area (Å²) in [5.41, 5.74) is 3.58. The molecule has 30 heavy (non-hydrogen) atoms. The molecule has 1 aliphatic rings. The van der Waals surface area contributed by atoms with E-state index in [2.05, 4.69) is 36.9 Å². The Morgan fingerprint density at radius 3 is 2.77 bits per heavy atom. The molecule has 152 valence electrons. The van der Waals surface area contributed by atoms with Crippen molar-refractivity contribution in [2.45, 2.75) is 32.2 Å². The zero-order valence-electron chi connectivity index (χ0n) is 16.7. The van der Waals surface area contributed by atoms with Gasteiger partial charge in [0.25, 0.3) is 0 Å². The highest BCUT2D eigenvalue weighted by Gasteiger charge is 2.27. The predicted molar refractivity (Wildman–Crippen MR) is 115 cm³/mol. The SMILES string of the molecule is COc1nc(-c2nc3n(n2)CCC[C@H]3c2ccc(Br)nc2)ccc1-n1cnc(C)c1. The summed E-state index contributed by atoms with van der Waals surface area (Å²) in [7, 11) is 1.61. The molecule has 0 amide bonds. The van der Waals surface area contributed by atoms with Gasteiger partial charge in [-0.25, -0.2) is 24.6 Å². The molecule has 1 atom stereocenters. The van der Waals surface area contributed by atoms with Gasteiger partial charge in [0, 0.05) is 24.9 Å². The average Bonchev–Trinajstić information content (AvgIpc) is 3.40. The topological polar surface area (TPSA) is 83.5 Å². The van der Waals surface area contributed by atoms with E-state index < -0.39 is 0 Å². The van der Waals surface area contributed by atoms with E-state index in [1.165, 1.54) is 0 Å². The third-order valence-corrected chi connectivity index (χ3v) is 5.75. The van der Waals surface area contributed by atoms with Gasteiger partial charge in [0.2, 0.25) is 5.88 Å². The van der Waals surface area contributed by atoms with Gasteiger partial charge < -0.3 is 9.30 Å². The minimum Gasteiger partial charge on any atom is -0.479 e. The van der Waals surface area contributed by atoms with Crippen molar-refractivity contribution in [3.8, 4) is 23.1 Å². The van der Waals surface area contributed by atoms with Crippen LogP contribution in [0.1, 0.15) is 35.8 Å². The van der Waals surface area contributed by atoms with Crippen molar-refractivity contribution in [3.63, 3.8) is 0 Å². The van der Waals surface area contributed by atoms with E-state index in [9.17, 15) is 0 Å². The molecule has 5 rings (SSSR count). The summed E-state index contributed by atoms with van der Waals surface area (Å²) in [6.45, 7) is 2.80. The van der Waals surface area contributed by atoms with E-state index in [1.807, 2.05) is 46.8 Å². The van der Waals surface area contributed by atoms with Crippen molar-refractivity contribution < 1.29 is 4.74 Å². The summed E-state index contributed by atoms with van der Waals surface area (Å²) in [6, 6.07) is 7.94. The van der Waals surface area contributed by atoms with Gasteiger partial charge in [-0.15, -0.1) is 5.10 Å². The number of hydrogen-bond acceptors (Lipinski definition) is 6. The van der Waals surface area contributed by atoms with E-state index in [0.717, 1.165) is 46.8 Å². The molecule has 9 heteroatoms. The second kappa shape index (κ2) is 7.64. The Balaban J connectivity index is 1.52. The van der Waals surface area contributed by atoms with Crippen molar-refractivity contribution in [3.05, 3.63) is 64.7 Å². The number of methoxy groups -OCH3 is 1. The van der Waals surface area contributed by atoms with Crippen LogP contribution in [0.2, 0.25) is 0 Å². The van der Waals surface area contributed by atoms with Crippen LogP contribution in [0, 0.1) is 6.92 Å². The first kappa shape index (κ1) is 18.9. The smallest absolute Gasteiger partial charge is 0.238 e. The van der Waals surface area contributed by atoms with Crippen molar-refractivity contribution in [2.75, 3.05) is 7.11 Å². The number of pyridine rings is 2. The second-order valence-corrected chi connectivity index (χ2v) is 8.09. The highest BCUT2D eigenvalue weighted by atomic mass is 79.9. The maximum Gasteiger partial charge on any atom is 0.238 e. The Morgan fingerprint density at radius 1 is 1.13 bits per heavy atom. The quantitative estimate of drug-likeness (QED) is 0.424. The van der Waals surface area contributed by atoms with Gasteiger partial charge in [0.1, 0.15) is 21.8 Å². The first-order valence-electron chi connectivity index (χ1n) is 9.75. The van der Waals surface area contributed by atoms with E-state index in [-0.39, 0.29) is 5.92 Å². The molecule has 0 saturated heterocycles. The Hall–Kier alpha value is -3.07. The lowest BCUT2D eigenvalue weighted by atomic mass is 9.92. The summed E-state index contributed by atoms with van der Waals surface area (Å²) >= 11 is 3.40. The first-order valence-corrected chi connectivity index (χ1v) is 10.5. The van der Waals surface area contributed by atoms with Gasteiger partial charge in [-0.3, -0.25) is 0 Å². The third kappa shape index (κ3) is 3.39. The Labute approximate surface area is 182 Å². The van der Waals surface area contributed by atoms with Crippen LogP contribution in [0.3, 0.4) is 0 Å². The fourth-order valence-electron chi connectivity index (χ4n) is 3.83. The normalized spacial score (nSPS) is 15.8. The molecule has 0 radical (unpaired) electrons. The molecule has 0 aliphatic carbocycles. The van der Waals surface area contributed by atoms with Gasteiger partial charge in [-0.05, 0) is 59.5 Å². The van der Waals surface area contributed by atoms with Crippen LogP contribution in [0.25, 0.3) is 17.2 Å². The summed E-state index contributed by atoms with van der Waals surface area (Å²) in [4.78, 5) is 18.2. The molecule has 0 spiro atoms. The van der Waals surface area contributed by atoms with Crippen LogP contribution < -0.4 is 4.74 Å². The third-order valence-electron chi connectivity index (χ3n) is 5.28. The van der Waals surface area contributed by atoms with Crippen LogP contribution in [-0.4, -0.2) is 41.4 Å². The summed E-state index contributed by atoms with van der Waals surface area (Å²) in [5, 5.41) is 4.73. The van der Waals surface area contributed by atoms with Crippen molar-refractivity contribution in [2.24, 2.45) is 0 Å². The molecule has 0 N–H and O–H groups in total. The molecular weight excluding hydrogens is 446 g/mol. The average molecular weight is 466 g/mol. The van der Waals surface area contributed by atoms with Crippen molar-refractivity contribution >= 4 is 15.9 Å². The van der Waals surface area contributed by atoms with Gasteiger partial charge in [0.15, 0.2) is 5.82 Å². The number of aryl methyl sites for hydroxylation is 2. The maximum atomic E-state index is 5.54. The Morgan fingerprint density at radius 2 is 2.03 bits per heavy atom. The van der Waals surface area contributed by atoms with Gasteiger partial charge in [-0.2, -0.15) is 0 Å². The van der Waals surface area contributed by atoms with E-state index >= 15 is 0 Å². The van der Waals surface area contributed by atoms with E-state index in [0.29, 0.717) is 17.4 Å². The molecule has 8 nitrogen and oxygen atoms in total. The second-order valence-electron chi connectivity index (χ2n) is 7.27. The Bertz CT molecular complexity index is 1200. The van der Waals surface area contributed by atoms with Gasteiger partial charge >= 0.3 is 0 Å². The fourth-order valence-corrected chi connectivity index (χ4v) is 4.06. The predicted octanol–water partition coefficient (Wildman–Crippen LogP) is 3.93. The van der Waals surface area contributed by atoms with Crippen LogP contribution in [0.4, 0.5) is 0 Å². The van der Waals surface area contributed by atoms with Crippen LogP contribution in [-0.2, 0) is 6.54 Å². The Kier molecular flexibility index (Phi) is 4.82. The van der Waals surface area contributed by atoms with Crippen molar-refractivity contribution in [1.29, 1.82) is 0 Å². The standard InChI is InChI=1S/C21H20BrN7O/c1-13-11-28(12-24-13)17-7-6-16(25-21(17)30-2)19-26-20-15(4-3-9-29(20)27-19)14-5-8-18(22)23-10-14/h5-8,10-12,15H,3-4,9H2,1-2H3/t15-/m0/s1. The lowest BCUT2D eigenvalue weighted by Crippen LogP contribution is -2.18. The molecule has 4 aromatic rings. The summed E-state index contributed by atoms with van der Waals surface area (Å²) in [5.74, 6) is 2.24. The van der Waals surface area contributed by atoms with E-state index in [4.69, 9.17) is 14.8 Å². The zero-order chi connectivity index (χ0) is 20.7. The number of imidazole rings is 1. The summed E-state index contributed by atoms with van der Waals surface area (Å²) in [6.07, 6.45) is 7.66. The van der Waals surface area contributed by atoms with Crippen LogP contribution in [0.5, 0.6) is 5.88 Å². The molecule has 5 heterocycles. The largest absolute Gasteiger partial charge is 0.479 e. The van der Waals surface area contributed by atoms with Gasteiger partial charge in [-0.1, -0.05) is 6.07 Å². The highest BCUT2D eigenvalue weighted by Crippen LogP contribution is 2.34. The number of ether oxygens (including phenoxy) is 1. The van der Waals surface area contributed by atoms with Crippen LogP contribution in [0.15, 0.2) is 47.6 Å².